The molecule has 0 amide bonds. The molecule has 29 heavy (non-hydrogen) atoms. The van der Waals surface area contributed by atoms with Crippen molar-refractivity contribution in [3.63, 3.8) is 0 Å². The van der Waals surface area contributed by atoms with Crippen LogP contribution in [0.15, 0.2) is 29.2 Å². The average Bonchev–Trinajstić information content (AvgIpc) is 2.67. The van der Waals surface area contributed by atoms with Gasteiger partial charge < -0.3 is 4.74 Å². The first-order valence-electron chi connectivity index (χ1n) is 9.27. The van der Waals surface area contributed by atoms with Gasteiger partial charge in [0.1, 0.15) is 6.54 Å². The molecule has 2 rings (SSSR count). The van der Waals surface area contributed by atoms with Crippen molar-refractivity contribution in [2.24, 2.45) is 0 Å². The number of carbonyl (C=O) groups excluding carboxylic acids is 2. The van der Waals surface area contributed by atoms with Crippen LogP contribution in [0.1, 0.15) is 43.7 Å². The van der Waals surface area contributed by atoms with Gasteiger partial charge in [0.05, 0.1) is 4.90 Å². The highest BCUT2D eigenvalue weighted by molar-refractivity contribution is 7.89. The fourth-order valence-corrected chi connectivity index (χ4v) is 3.95. The largest absolute Gasteiger partial charge is 0.456 e. The molecule has 6 nitrogen and oxygen atoms in total. The zero-order valence-electron chi connectivity index (χ0n) is 17.7. The molecule has 0 spiro atoms. The Balaban J connectivity index is 1.98. The summed E-state index contributed by atoms with van der Waals surface area (Å²) in [6.07, 6.45) is 0. The van der Waals surface area contributed by atoms with Crippen LogP contribution in [-0.4, -0.2) is 33.3 Å². The van der Waals surface area contributed by atoms with Crippen LogP contribution in [0.25, 0.3) is 0 Å². The van der Waals surface area contributed by atoms with Crippen LogP contribution in [0.3, 0.4) is 0 Å². The van der Waals surface area contributed by atoms with Gasteiger partial charge in [-0.15, -0.1) is 0 Å². The first-order chi connectivity index (χ1) is 13.4. The van der Waals surface area contributed by atoms with E-state index in [1.54, 1.807) is 12.1 Å². The molecule has 0 bridgehead atoms. The maximum absolute atomic E-state index is 12.5. The summed E-state index contributed by atoms with van der Waals surface area (Å²) in [6, 6.07) is 6.51. The Morgan fingerprint density at radius 1 is 0.862 bits per heavy atom. The number of ketones is 1. The summed E-state index contributed by atoms with van der Waals surface area (Å²) in [5.74, 6) is -1.14. The van der Waals surface area contributed by atoms with Crippen molar-refractivity contribution in [2.75, 3.05) is 13.2 Å². The lowest BCUT2D eigenvalue weighted by Gasteiger charge is -2.13. The molecule has 0 fully saturated rings. The number of sulfonamides is 1. The molecule has 0 aliphatic carbocycles. The van der Waals surface area contributed by atoms with Crippen molar-refractivity contribution in [2.45, 2.75) is 46.4 Å². The number of benzene rings is 2. The average molecular weight is 418 g/mol. The van der Waals surface area contributed by atoms with Gasteiger partial charge in [-0.1, -0.05) is 6.07 Å². The van der Waals surface area contributed by atoms with Gasteiger partial charge in [-0.25, -0.2) is 8.42 Å². The van der Waals surface area contributed by atoms with Crippen molar-refractivity contribution in [3.05, 3.63) is 63.2 Å². The summed E-state index contributed by atoms with van der Waals surface area (Å²) in [5, 5.41) is 0. The van der Waals surface area contributed by atoms with Crippen LogP contribution in [0.4, 0.5) is 0 Å². The summed E-state index contributed by atoms with van der Waals surface area (Å²) in [7, 11) is -3.84. The van der Waals surface area contributed by atoms with Gasteiger partial charge in [0.25, 0.3) is 0 Å². The summed E-state index contributed by atoms with van der Waals surface area (Å²) >= 11 is 0. The molecular formula is C22H27NO5S. The molecule has 0 heterocycles. The van der Waals surface area contributed by atoms with E-state index in [-0.39, 0.29) is 10.7 Å². The molecule has 0 unspecified atom stereocenters. The molecule has 0 aliphatic heterocycles. The van der Waals surface area contributed by atoms with Gasteiger partial charge in [0.2, 0.25) is 15.8 Å². The second-order valence-electron chi connectivity index (χ2n) is 7.27. The first kappa shape index (κ1) is 22.8. The monoisotopic (exact) mass is 417 g/mol. The quantitative estimate of drug-likeness (QED) is 0.552. The lowest BCUT2D eigenvalue weighted by atomic mass is 9.93. The van der Waals surface area contributed by atoms with E-state index in [9.17, 15) is 18.0 Å². The number of aryl methyl sites for hydroxylation is 3. The van der Waals surface area contributed by atoms with E-state index in [0.29, 0.717) is 5.56 Å². The third-order valence-corrected chi connectivity index (χ3v) is 6.74. The lowest BCUT2D eigenvalue weighted by molar-refractivity contribution is -0.141. The Morgan fingerprint density at radius 3 is 2.14 bits per heavy atom. The Kier molecular flexibility index (Phi) is 6.97. The summed E-state index contributed by atoms with van der Waals surface area (Å²) < 4.78 is 31.8. The third-order valence-electron chi connectivity index (χ3n) is 5.34. The number of Topliss-reactive ketones (excluding diaryl/α,β-unsaturated/α-hetero) is 1. The normalized spacial score (nSPS) is 11.4. The number of carbonyl (C=O) groups is 2. The van der Waals surface area contributed by atoms with Crippen LogP contribution < -0.4 is 4.72 Å². The molecule has 2 aromatic carbocycles. The topological polar surface area (TPSA) is 89.5 Å². The Bertz CT molecular complexity index is 1070. The highest BCUT2D eigenvalue weighted by atomic mass is 32.2. The smallest absolute Gasteiger partial charge is 0.321 e. The summed E-state index contributed by atoms with van der Waals surface area (Å²) in [6.45, 7) is 10.4. The van der Waals surface area contributed by atoms with Gasteiger partial charge in [-0.05, 0) is 93.1 Å². The number of rotatable bonds is 7. The highest BCUT2D eigenvalue weighted by Crippen LogP contribution is 2.21. The molecule has 1 N–H and O–H groups in total. The standard InChI is InChI=1S/C22H27NO5S/c1-13-7-8-19(9-14(13)2)29(26,27)23-11-22(25)28-12-21(24)20-10-15(3)16(4)17(5)18(20)6/h7-10,23H,11-12H2,1-6H3. The van der Waals surface area contributed by atoms with Crippen molar-refractivity contribution >= 4 is 21.8 Å². The SMILES string of the molecule is Cc1ccc(S(=O)(=O)NCC(=O)OCC(=O)c2cc(C)c(C)c(C)c2C)cc1C. The zero-order valence-corrected chi connectivity index (χ0v) is 18.5. The van der Waals surface area contributed by atoms with E-state index in [4.69, 9.17) is 4.74 Å². The van der Waals surface area contributed by atoms with Crippen LogP contribution in [-0.2, 0) is 19.6 Å². The zero-order chi connectivity index (χ0) is 21.9. The minimum absolute atomic E-state index is 0.0747. The second kappa shape index (κ2) is 8.88. The second-order valence-corrected chi connectivity index (χ2v) is 9.04. The maximum atomic E-state index is 12.5. The first-order valence-corrected chi connectivity index (χ1v) is 10.8. The molecule has 0 atom stereocenters. The number of esters is 1. The van der Waals surface area contributed by atoms with E-state index in [1.807, 2.05) is 41.5 Å². The Hall–Kier alpha value is -2.51. The molecule has 0 radical (unpaired) electrons. The number of nitrogens with one attached hydrogen (secondary N) is 1. The van der Waals surface area contributed by atoms with E-state index in [1.165, 1.54) is 12.1 Å². The predicted octanol–water partition coefficient (Wildman–Crippen LogP) is 3.24. The van der Waals surface area contributed by atoms with Crippen molar-refractivity contribution in [3.8, 4) is 0 Å². The van der Waals surface area contributed by atoms with E-state index in [2.05, 4.69) is 4.72 Å². The van der Waals surface area contributed by atoms with E-state index in [0.717, 1.165) is 33.4 Å². The highest BCUT2D eigenvalue weighted by Gasteiger charge is 2.19. The third kappa shape index (κ3) is 5.31. The minimum atomic E-state index is -3.84. The number of hydrogen-bond donors (Lipinski definition) is 1. The predicted molar refractivity (Wildman–Crippen MR) is 112 cm³/mol. The fourth-order valence-electron chi connectivity index (χ4n) is 2.89. The van der Waals surface area contributed by atoms with Crippen molar-refractivity contribution in [1.82, 2.24) is 4.72 Å². The van der Waals surface area contributed by atoms with E-state index >= 15 is 0 Å². The van der Waals surface area contributed by atoms with Crippen molar-refractivity contribution in [1.29, 1.82) is 0 Å². The molecule has 7 heteroatoms. The van der Waals surface area contributed by atoms with Gasteiger partial charge in [-0.3, -0.25) is 9.59 Å². The summed E-state index contributed by atoms with van der Waals surface area (Å²) in [4.78, 5) is 24.5. The minimum Gasteiger partial charge on any atom is -0.456 e. The fraction of sp³-hybridized carbons (Fsp3) is 0.364. The number of ether oxygens (including phenoxy) is 1. The van der Waals surface area contributed by atoms with Crippen LogP contribution in [0.2, 0.25) is 0 Å². The van der Waals surface area contributed by atoms with Gasteiger partial charge in [-0.2, -0.15) is 4.72 Å². The van der Waals surface area contributed by atoms with E-state index < -0.39 is 29.1 Å². The van der Waals surface area contributed by atoms with Crippen LogP contribution >= 0.6 is 0 Å². The maximum Gasteiger partial charge on any atom is 0.321 e. The number of hydrogen-bond acceptors (Lipinski definition) is 5. The molecule has 156 valence electrons. The molecule has 0 saturated heterocycles. The lowest BCUT2D eigenvalue weighted by Crippen LogP contribution is -2.31. The summed E-state index contributed by atoms with van der Waals surface area (Å²) in [5.41, 5.74) is 6.30. The van der Waals surface area contributed by atoms with Crippen LogP contribution in [0.5, 0.6) is 0 Å². The Morgan fingerprint density at radius 2 is 1.52 bits per heavy atom. The van der Waals surface area contributed by atoms with Gasteiger partial charge in [0, 0.05) is 5.56 Å². The van der Waals surface area contributed by atoms with Gasteiger partial charge >= 0.3 is 5.97 Å². The molecule has 0 aromatic heterocycles. The molecule has 0 saturated carbocycles. The van der Waals surface area contributed by atoms with Crippen molar-refractivity contribution < 1.29 is 22.7 Å². The Labute approximate surface area is 172 Å². The van der Waals surface area contributed by atoms with Crippen LogP contribution in [0, 0.1) is 41.5 Å². The van der Waals surface area contributed by atoms with Gasteiger partial charge in [0.15, 0.2) is 6.61 Å². The molecular weight excluding hydrogens is 390 g/mol. The molecule has 2 aromatic rings. The molecule has 0 aliphatic rings.